The standard InChI is InChI=1S/C21H19F2N3S/c1-15-4-2-5-16(10-15)13-26(14-17-6-3-9-24-12-17)21(27)25-20-8-7-18(22)11-19(20)23/h2-12H,13-14H2,1H3,(H,25,27). The molecule has 0 saturated carbocycles. The zero-order valence-corrected chi connectivity index (χ0v) is 15.6. The highest BCUT2D eigenvalue weighted by Gasteiger charge is 2.14. The van der Waals surface area contributed by atoms with Crippen LogP contribution in [0.2, 0.25) is 0 Å². The number of aryl methyl sites for hydroxylation is 1. The van der Waals surface area contributed by atoms with Crippen LogP contribution in [-0.4, -0.2) is 15.0 Å². The quantitative estimate of drug-likeness (QED) is 0.623. The molecule has 0 radical (unpaired) electrons. The number of halogens is 2. The van der Waals surface area contributed by atoms with Gasteiger partial charge in [0.1, 0.15) is 11.6 Å². The second-order valence-corrected chi connectivity index (χ2v) is 6.65. The molecular weight excluding hydrogens is 364 g/mol. The SMILES string of the molecule is Cc1cccc(CN(Cc2cccnc2)C(=S)Nc2ccc(F)cc2F)c1. The van der Waals surface area contributed by atoms with Crippen molar-refractivity contribution >= 4 is 23.0 Å². The molecule has 3 aromatic rings. The lowest BCUT2D eigenvalue weighted by Gasteiger charge is -2.26. The van der Waals surface area contributed by atoms with Gasteiger partial charge in [-0.3, -0.25) is 4.98 Å². The van der Waals surface area contributed by atoms with Gasteiger partial charge in [0.25, 0.3) is 0 Å². The number of hydrogen-bond donors (Lipinski definition) is 1. The van der Waals surface area contributed by atoms with E-state index in [1.165, 1.54) is 12.1 Å². The van der Waals surface area contributed by atoms with Crippen molar-refractivity contribution in [1.82, 2.24) is 9.88 Å². The predicted molar refractivity (Wildman–Crippen MR) is 107 cm³/mol. The molecule has 0 aliphatic carbocycles. The molecule has 0 aliphatic rings. The van der Waals surface area contributed by atoms with E-state index in [2.05, 4.69) is 16.4 Å². The number of nitrogens with zero attached hydrogens (tertiary/aromatic N) is 2. The van der Waals surface area contributed by atoms with Crippen molar-refractivity contribution in [3.63, 3.8) is 0 Å². The minimum atomic E-state index is -0.686. The second-order valence-electron chi connectivity index (χ2n) is 6.26. The van der Waals surface area contributed by atoms with Crippen LogP contribution in [0.25, 0.3) is 0 Å². The lowest BCUT2D eigenvalue weighted by molar-refractivity contribution is 0.412. The number of rotatable bonds is 5. The van der Waals surface area contributed by atoms with Crippen LogP contribution in [0.3, 0.4) is 0 Å². The Morgan fingerprint density at radius 3 is 2.52 bits per heavy atom. The van der Waals surface area contributed by atoms with Crippen LogP contribution >= 0.6 is 12.2 Å². The molecule has 6 heteroatoms. The lowest BCUT2D eigenvalue weighted by atomic mass is 10.1. The average Bonchev–Trinajstić information content (AvgIpc) is 2.64. The molecule has 0 amide bonds. The maximum atomic E-state index is 14.0. The number of thiocarbonyl (C=S) groups is 1. The van der Waals surface area contributed by atoms with Crippen LogP contribution in [0.1, 0.15) is 16.7 Å². The first-order chi connectivity index (χ1) is 13.0. The van der Waals surface area contributed by atoms with E-state index in [4.69, 9.17) is 12.2 Å². The Kier molecular flexibility index (Phi) is 6.08. The first-order valence-corrected chi connectivity index (χ1v) is 8.87. The maximum Gasteiger partial charge on any atom is 0.174 e. The topological polar surface area (TPSA) is 28.2 Å². The summed E-state index contributed by atoms with van der Waals surface area (Å²) in [6.07, 6.45) is 3.48. The molecule has 138 valence electrons. The zero-order valence-electron chi connectivity index (χ0n) is 14.8. The smallest absolute Gasteiger partial charge is 0.174 e. The van der Waals surface area contributed by atoms with Gasteiger partial charge in [-0.15, -0.1) is 0 Å². The average molecular weight is 383 g/mol. The molecule has 1 aromatic heterocycles. The van der Waals surface area contributed by atoms with E-state index in [9.17, 15) is 8.78 Å². The lowest BCUT2D eigenvalue weighted by Crippen LogP contribution is -2.34. The van der Waals surface area contributed by atoms with Gasteiger partial charge in [0, 0.05) is 31.5 Å². The third-order valence-electron chi connectivity index (χ3n) is 4.01. The summed E-state index contributed by atoms with van der Waals surface area (Å²) < 4.78 is 27.1. The van der Waals surface area contributed by atoms with Crippen LogP contribution in [0.5, 0.6) is 0 Å². The fraction of sp³-hybridized carbons (Fsp3) is 0.143. The molecule has 0 saturated heterocycles. The summed E-state index contributed by atoms with van der Waals surface area (Å²) in [6.45, 7) is 3.08. The van der Waals surface area contributed by atoms with Crippen molar-refractivity contribution < 1.29 is 8.78 Å². The molecule has 27 heavy (non-hydrogen) atoms. The summed E-state index contributed by atoms with van der Waals surface area (Å²) in [4.78, 5) is 6.05. The number of aromatic nitrogens is 1. The normalized spacial score (nSPS) is 10.5. The predicted octanol–water partition coefficient (Wildman–Crippen LogP) is 5.07. The maximum absolute atomic E-state index is 14.0. The highest BCUT2D eigenvalue weighted by molar-refractivity contribution is 7.80. The van der Waals surface area contributed by atoms with Crippen LogP contribution in [0.4, 0.5) is 14.5 Å². The fourth-order valence-electron chi connectivity index (χ4n) is 2.73. The first-order valence-electron chi connectivity index (χ1n) is 8.47. The number of hydrogen-bond acceptors (Lipinski definition) is 2. The molecule has 1 heterocycles. The number of pyridine rings is 1. The molecular formula is C21H19F2N3S. The molecule has 0 spiro atoms. The highest BCUT2D eigenvalue weighted by Crippen LogP contribution is 2.18. The Morgan fingerprint density at radius 2 is 1.81 bits per heavy atom. The largest absolute Gasteiger partial charge is 0.340 e. The Morgan fingerprint density at radius 1 is 1.04 bits per heavy atom. The van der Waals surface area contributed by atoms with E-state index in [1.807, 2.05) is 42.2 Å². The molecule has 0 fully saturated rings. The summed E-state index contributed by atoms with van der Waals surface area (Å²) in [7, 11) is 0. The van der Waals surface area contributed by atoms with Crippen molar-refractivity contribution in [2.75, 3.05) is 5.32 Å². The van der Waals surface area contributed by atoms with Gasteiger partial charge in [-0.2, -0.15) is 0 Å². The van der Waals surface area contributed by atoms with Gasteiger partial charge in [0.15, 0.2) is 5.11 Å². The van der Waals surface area contributed by atoms with E-state index >= 15 is 0 Å². The summed E-state index contributed by atoms with van der Waals surface area (Å²) in [5.74, 6) is -1.31. The van der Waals surface area contributed by atoms with Crippen LogP contribution in [-0.2, 0) is 13.1 Å². The van der Waals surface area contributed by atoms with E-state index in [1.54, 1.807) is 12.4 Å². The summed E-state index contributed by atoms with van der Waals surface area (Å²) in [6, 6.07) is 15.3. The van der Waals surface area contributed by atoms with Crippen LogP contribution < -0.4 is 5.32 Å². The molecule has 3 nitrogen and oxygen atoms in total. The van der Waals surface area contributed by atoms with E-state index in [0.717, 1.165) is 22.8 Å². The summed E-state index contributed by atoms with van der Waals surface area (Å²) >= 11 is 5.52. The van der Waals surface area contributed by atoms with Crippen LogP contribution in [0, 0.1) is 18.6 Å². The summed E-state index contributed by atoms with van der Waals surface area (Å²) in [5, 5.41) is 3.24. The molecule has 0 atom stereocenters. The fourth-order valence-corrected chi connectivity index (χ4v) is 2.97. The van der Waals surface area contributed by atoms with Gasteiger partial charge in [-0.1, -0.05) is 35.9 Å². The number of anilines is 1. The second kappa shape index (κ2) is 8.68. The molecule has 1 N–H and O–H groups in total. The van der Waals surface area contributed by atoms with Gasteiger partial charge in [0.05, 0.1) is 5.69 Å². The molecule has 3 rings (SSSR count). The van der Waals surface area contributed by atoms with Crippen LogP contribution in [0.15, 0.2) is 67.0 Å². The van der Waals surface area contributed by atoms with E-state index < -0.39 is 11.6 Å². The molecule has 0 unspecified atom stereocenters. The Balaban J connectivity index is 1.82. The van der Waals surface area contributed by atoms with Crippen molar-refractivity contribution in [3.05, 3.63) is 95.3 Å². The van der Waals surface area contributed by atoms with Gasteiger partial charge >= 0.3 is 0 Å². The number of nitrogens with one attached hydrogen (secondary N) is 1. The van der Waals surface area contributed by atoms with Crippen molar-refractivity contribution in [2.45, 2.75) is 20.0 Å². The number of benzene rings is 2. The van der Waals surface area contributed by atoms with E-state index in [-0.39, 0.29) is 5.69 Å². The molecule has 2 aromatic carbocycles. The Hall–Kier alpha value is -2.86. The third kappa shape index (κ3) is 5.31. The van der Waals surface area contributed by atoms with Gasteiger partial charge in [0.2, 0.25) is 0 Å². The van der Waals surface area contributed by atoms with Crippen molar-refractivity contribution in [1.29, 1.82) is 0 Å². The van der Waals surface area contributed by atoms with Gasteiger partial charge < -0.3 is 10.2 Å². The first kappa shape index (κ1) is 18.9. The van der Waals surface area contributed by atoms with Crippen molar-refractivity contribution in [3.8, 4) is 0 Å². The highest BCUT2D eigenvalue weighted by atomic mass is 32.1. The minimum absolute atomic E-state index is 0.141. The molecule has 0 aliphatic heterocycles. The van der Waals surface area contributed by atoms with E-state index in [0.29, 0.717) is 18.2 Å². The summed E-state index contributed by atoms with van der Waals surface area (Å²) in [5.41, 5.74) is 3.36. The Labute approximate surface area is 162 Å². The monoisotopic (exact) mass is 383 g/mol. The zero-order chi connectivity index (χ0) is 19.2. The molecule has 0 bridgehead atoms. The van der Waals surface area contributed by atoms with Gasteiger partial charge in [-0.25, -0.2) is 8.78 Å². The minimum Gasteiger partial charge on any atom is -0.340 e. The Bertz CT molecular complexity index is 932. The van der Waals surface area contributed by atoms with Gasteiger partial charge in [-0.05, 0) is 48.5 Å². The van der Waals surface area contributed by atoms with Crippen molar-refractivity contribution in [2.24, 2.45) is 0 Å². The third-order valence-corrected chi connectivity index (χ3v) is 4.37.